The maximum absolute atomic E-state index is 12.0. The van der Waals surface area contributed by atoms with Gasteiger partial charge in [-0.05, 0) is 38.5 Å². The maximum Gasteiger partial charge on any atom is 0.472 e. The molecule has 0 aliphatic carbocycles. The Bertz CT molecular complexity index is 789. The van der Waals surface area contributed by atoms with Gasteiger partial charge in [0.1, 0.15) is 12.7 Å². The molecule has 2 unspecified atom stereocenters. The molecule has 0 aliphatic heterocycles. The lowest BCUT2D eigenvalue weighted by Crippen LogP contribution is -2.27. The first-order valence-corrected chi connectivity index (χ1v) is 18.8. The first-order valence-electron chi connectivity index (χ1n) is 17.3. The summed E-state index contributed by atoms with van der Waals surface area (Å²) in [6, 6.07) is 0. The smallest absolute Gasteiger partial charge is 0.463 e. The highest BCUT2D eigenvalue weighted by Gasteiger charge is 2.23. The van der Waals surface area contributed by atoms with Gasteiger partial charge in [-0.15, -0.1) is 0 Å². The zero-order valence-electron chi connectivity index (χ0n) is 27.9. The van der Waals surface area contributed by atoms with Crippen molar-refractivity contribution in [2.45, 2.75) is 155 Å². The first kappa shape index (κ1) is 42.5. The van der Waals surface area contributed by atoms with E-state index in [4.69, 9.17) is 13.8 Å². The third-order valence-corrected chi connectivity index (χ3v) is 8.10. The average Bonchev–Trinajstić information content (AvgIpc) is 3.00. The SMILES string of the molecule is CCC/C=C\C/C=C\CCCCCCCC(=O)NCCOP(=O)(O)OCC(O)COC(=O)CCCCCCCCCCCC. The Labute approximate surface area is 268 Å². The number of nitrogens with one attached hydrogen (secondary N) is 1. The van der Waals surface area contributed by atoms with Gasteiger partial charge in [0.05, 0.1) is 13.2 Å². The van der Waals surface area contributed by atoms with Gasteiger partial charge in [-0.1, -0.05) is 122 Å². The molecule has 0 aliphatic rings. The van der Waals surface area contributed by atoms with Crippen LogP contribution in [0, 0.1) is 0 Å². The number of hydrogen-bond acceptors (Lipinski definition) is 7. The van der Waals surface area contributed by atoms with Gasteiger partial charge in [0, 0.05) is 19.4 Å². The Morgan fingerprint density at radius 2 is 1.27 bits per heavy atom. The number of esters is 1. The van der Waals surface area contributed by atoms with Crippen LogP contribution in [0.1, 0.15) is 149 Å². The number of carbonyl (C=O) groups excluding carboxylic acids is 2. The fourth-order valence-corrected chi connectivity index (χ4v) is 5.23. The Hall–Kier alpha value is -1.51. The lowest BCUT2D eigenvalue weighted by Gasteiger charge is -2.15. The van der Waals surface area contributed by atoms with Crippen molar-refractivity contribution in [2.75, 3.05) is 26.4 Å². The standard InChI is InChI=1S/C34H64NO8P/c1-3-5-7-9-11-13-15-16-17-18-20-22-24-26-33(37)35-28-29-42-44(39,40)43-31-32(36)30-41-34(38)27-25-23-21-19-14-12-10-8-6-4-2/h7,9,13,15,32,36H,3-6,8,10-12,14,16-31H2,1-2H3,(H,35,37)(H,39,40)/b9-7-,15-13-. The molecule has 3 N–H and O–H groups in total. The number of aliphatic hydroxyl groups is 1. The highest BCUT2D eigenvalue weighted by atomic mass is 31.2. The van der Waals surface area contributed by atoms with Crippen molar-refractivity contribution in [2.24, 2.45) is 0 Å². The van der Waals surface area contributed by atoms with Crippen LogP contribution in [0.5, 0.6) is 0 Å². The minimum absolute atomic E-state index is 0.0752. The van der Waals surface area contributed by atoms with Gasteiger partial charge in [-0.2, -0.15) is 0 Å². The number of amides is 1. The normalized spacial score (nSPS) is 13.8. The molecule has 0 fully saturated rings. The number of hydrogen-bond donors (Lipinski definition) is 3. The summed E-state index contributed by atoms with van der Waals surface area (Å²) in [7, 11) is -4.40. The fourth-order valence-electron chi connectivity index (χ4n) is 4.47. The van der Waals surface area contributed by atoms with E-state index in [0.717, 1.165) is 70.6 Å². The molecule has 2 atom stereocenters. The van der Waals surface area contributed by atoms with Crippen molar-refractivity contribution >= 4 is 19.7 Å². The predicted octanol–water partition coefficient (Wildman–Crippen LogP) is 8.48. The minimum Gasteiger partial charge on any atom is -0.463 e. The summed E-state index contributed by atoms with van der Waals surface area (Å²) < 4.78 is 26.6. The molecule has 1 amide bonds. The van der Waals surface area contributed by atoms with Crippen LogP contribution in [0.15, 0.2) is 24.3 Å². The number of allylic oxidation sites excluding steroid dienone is 4. The number of phosphoric ester groups is 1. The number of phosphoric acid groups is 1. The molecule has 0 spiro atoms. The maximum atomic E-state index is 12.0. The Kier molecular flexibility index (Phi) is 30.4. The van der Waals surface area contributed by atoms with E-state index in [1.165, 1.54) is 51.4 Å². The van der Waals surface area contributed by atoms with Crippen LogP contribution in [0.2, 0.25) is 0 Å². The molecule has 44 heavy (non-hydrogen) atoms. The lowest BCUT2D eigenvalue weighted by molar-refractivity contribution is -0.147. The summed E-state index contributed by atoms with van der Waals surface area (Å²) in [6.45, 7) is 3.43. The van der Waals surface area contributed by atoms with Crippen LogP contribution < -0.4 is 5.32 Å². The molecule has 10 heteroatoms. The lowest BCUT2D eigenvalue weighted by atomic mass is 10.1. The largest absolute Gasteiger partial charge is 0.472 e. The molecule has 0 aromatic rings. The molecule has 0 saturated heterocycles. The number of carbonyl (C=O) groups is 2. The zero-order valence-corrected chi connectivity index (χ0v) is 28.7. The third kappa shape index (κ3) is 31.9. The molecule has 0 heterocycles. The van der Waals surface area contributed by atoms with Crippen molar-refractivity contribution in [1.29, 1.82) is 0 Å². The monoisotopic (exact) mass is 645 g/mol. The molecule has 0 rings (SSSR count). The van der Waals surface area contributed by atoms with E-state index in [-0.39, 0.29) is 32.1 Å². The second-order valence-electron chi connectivity index (χ2n) is 11.5. The highest BCUT2D eigenvalue weighted by molar-refractivity contribution is 7.47. The molecule has 9 nitrogen and oxygen atoms in total. The molecule has 0 bridgehead atoms. The molecule has 0 saturated carbocycles. The number of ether oxygens (including phenoxy) is 1. The summed E-state index contributed by atoms with van der Waals surface area (Å²) in [4.78, 5) is 33.6. The van der Waals surface area contributed by atoms with Crippen molar-refractivity contribution in [3.05, 3.63) is 24.3 Å². The molecular formula is C34H64NO8P. The van der Waals surface area contributed by atoms with Crippen LogP contribution in [0.4, 0.5) is 0 Å². The van der Waals surface area contributed by atoms with Crippen molar-refractivity contribution in [3.8, 4) is 0 Å². The molecular weight excluding hydrogens is 581 g/mol. The zero-order chi connectivity index (χ0) is 32.6. The van der Waals surface area contributed by atoms with E-state index in [9.17, 15) is 24.2 Å². The molecule has 0 aromatic carbocycles. The molecule has 0 aromatic heterocycles. The molecule has 0 radical (unpaired) electrons. The van der Waals surface area contributed by atoms with Gasteiger partial charge in [0.25, 0.3) is 0 Å². The number of unbranched alkanes of at least 4 members (excludes halogenated alkanes) is 15. The van der Waals surface area contributed by atoms with Gasteiger partial charge in [0.2, 0.25) is 5.91 Å². The van der Waals surface area contributed by atoms with Crippen molar-refractivity contribution in [1.82, 2.24) is 5.32 Å². The average molecular weight is 646 g/mol. The predicted molar refractivity (Wildman–Crippen MR) is 178 cm³/mol. The Balaban J connectivity index is 3.66. The van der Waals surface area contributed by atoms with E-state index in [2.05, 4.69) is 43.5 Å². The van der Waals surface area contributed by atoms with Crippen LogP contribution in [0.3, 0.4) is 0 Å². The van der Waals surface area contributed by atoms with E-state index in [0.29, 0.717) is 6.42 Å². The summed E-state index contributed by atoms with van der Waals surface area (Å²) in [6.07, 6.45) is 29.7. The Morgan fingerprint density at radius 1 is 0.705 bits per heavy atom. The summed E-state index contributed by atoms with van der Waals surface area (Å²) in [5.74, 6) is -0.534. The second-order valence-corrected chi connectivity index (χ2v) is 12.9. The van der Waals surface area contributed by atoms with E-state index in [1.54, 1.807) is 0 Å². The van der Waals surface area contributed by atoms with Gasteiger partial charge in [0.15, 0.2) is 0 Å². The minimum atomic E-state index is -4.40. The van der Waals surface area contributed by atoms with Crippen molar-refractivity contribution < 1.29 is 37.9 Å². The van der Waals surface area contributed by atoms with Crippen LogP contribution in [-0.2, 0) is 27.9 Å². The van der Waals surface area contributed by atoms with Crippen LogP contribution in [-0.4, -0.2) is 54.3 Å². The topological polar surface area (TPSA) is 131 Å². The fraction of sp³-hybridized carbons (Fsp3) is 0.824. The highest BCUT2D eigenvalue weighted by Crippen LogP contribution is 2.42. The summed E-state index contributed by atoms with van der Waals surface area (Å²) >= 11 is 0. The van der Waals surface area contributed by atoms with Crippen LogP contribution in [0.25, 0.3) is 0 Å². The van der Waals surface area contributed by atoms with Gasteiger partial charge in [-0.3, -0.25) is 18.6 Å². The third-order valence-electron chi connectivity index (χ3n) is 7.12. The number of rotatable bonds is 32. The Morgan fingerprint density at radius 3 is 1.91 bits per heavy atom. The van der Waals surface area contributed by atoms with Gasteiger partial charge in [-0.25, -0.2) is 4.57 Å². The van der Waals surface area contributed by atoms with Gasteiger partial charge < -0.3 is 20.1 Å². The molecule has 258 valence electrons. The van der Waals surface area contributed by atoms with Crippen molar-refractivity contribution in [3.63, 3.8) is 0 Å². The van der Waals surface area contributed by atoms with E-state index >= 15 is 0 Å². The van der Waals surface area contributed by atoms with E-state index in [1.807, 2.05) is 0 Å². The van der Waals surface area contributed by atoms with E-state index < -0.39 is 26.5 Å². The second kappa shape index (κ2) is 31.5. The summed E-state index contributed by atoms with van der Waals surface area (Å²) in [5.41, 5.74) is 0. The summed E-state index contributed by atoms with van der Waals surface area (Å²) in [5, 5.41) is 12.6. The number of aliphatic hydroxyl groups excluding tert-OH is 1. The first-order chi connectivity index (χ1) is 21.3. The van der Waals surface area contributed by atoms with Gasteiger partial charge >= 0.3 is 13.8 Å². The van der Waals surface area contributed by atoms with Crippen LogP contribution >= 0.6 is 7.82 Å². The quantitative estimate of drug-likeness (QED) is 0.0287.